The Kier molecular flexibility index (Phi) is 2.39. The highest BCUT2D eigenvalue weighted by Crippen LogP contribution is 2.13. The van der Waals surface area contributed by atoms with E-state index in [1.165, 1.54) is 0 Å². The third-order valence-corrected chi connectivity index (χ3v) is 2.20. The molecule has 0 aliphatic carbocycles. The van der Waals surface area contributed by atoms with Gasteiger partial charge in [0, 0.05) is 18.3 Å². The van der Waals surface area contributed by atoms with Crippen LogP contribution >= 0.6 is 0 Å². The Bertz CT molecular complexity index is 391. The molecular formula is C11H13N3. The van der Waals surface area contributed by atoms with Crippen molar-refractivity contribution >= 4 is 11.9 Å². The average molecular weight is 187 g/mol. The number of pyridine rings is 1. The van der Waals surface area contributed by atoms with Crippen LogP contribution in [0.4, 0.5) is 0 Å². The van der Waals surface area contributed by atoms with Crippen molar-refractivity contribution in [1.82, 2.24) is 4.98 Å². The fourth-order valence-corrected chi connectivity index (χ4v) is 1.37. The maximum Gasteiger partial charge on any atom is 0.0940 e. The third kappa shape index (κ3) is 1.71. The standard InChI is InChI=1S/C11H13N3/c1-8(2)9-4-3-5-10(13-9)11-6-7-12-14-11/h3-5,7-8H,6H2,1-2H3. The summed E-state index contributed by atoms with van der Waals surface area (Å²) in [4.78, 5) is 4.54. The fourth-order valence-electron chi connectivity index (χ4n) is 1.37. The Balaban J connectivity index is 2.31. The van der Waals surface area contributed by atoms with Crippen LogP contribution in [0.5, 0.6) is 0 Å². The summed E-state index contributed by atoms with van der Waals surface area (Å²) in [6, 6.07) is 6.06. The molecule has 0 unspecified atom stereocenters. The van der Waals surface area contributed by atoms with Gasteiger partial charge in [-0.2, -0.15) is 10.2 Å². The Hall–Kier alpha value is -1.51. The minimum Gasteiger partial charge on any atom is -0.251 e. The molecule has 3 nitrogen and oxygen atoms in total. The monoisotopic (exact) mass is 187 g/mol. The van der Waals surface area contributed by atoms with Gasteiger partial charge in [0.25, 0.3) is 0 Å². The molecular weight excluding hydrogens is 174 g/mol. The maximum atomic E-state index is 4.54. The van der Waals surface area contributed by atoms with Crippen LogP contribution in [0.25, 0.3) is 0 Å². The molecule has 0 bridgehead atoms. The van der Waals surface area contributed by atoms with Crippen LogP contribution in [0.2, 0.25) is 0 Å². The Morgan fingerprint density at radius 3 is 2.79 bits per heavy atom. The number of hydrogen-bond donors (Lipinski definition) is 0. The zero-order chi connectivity index (χ0) is 9.97. The Morgan fingerprint density at radius 1 is 1.29 bits per heavy atom. The van der Waals surface area contributed by atoms with Crippen molar-refractivity contribution in [3.63, 3.8) is 0 Å². The first-order valence-corrected chi connectivity index (χ1v) is 4.83. The molecule has 3 heteroatoms. The topological polar surface area (TPSA) is 37.6 Å². The molecule has 0 N–H and O–H groups in total. The van der Waals surface area contributed by atoms with Crippen molar-refractivity contribution in [2.75, 3.05) is 0 Å². The average Bonchev–Trinajstić information content (AvgIpc) is 2.71. The van der Waals surface area contributed by atoms with E-state index < -0.39 is 0 Å². The summed E-state index contributed by atoms with van der Waals surface area (Å²) in [5.74, 6) is 0.456. The van der Waals surface area contributed by atoms with Gasteiger partial charge in [-0.1, -0.05) is 19.9 Å². The van der Waals surface area contributed by atoms with E-state index in [-0.39, 0.29) is 0 Å². The predicted molar refractivity (Wildman–Crippen MR) is 58.0 cm³/mol. The molecule has 14 heavy (non-hydrogen) atoms. The first-order chi connectivity index (χ1) is 6.77. The normalized spacial score (nSPS) is 14.9. The van der Waals surface area contributed by atoms with Gasteiger partial charge < -0.3 is 0 Å². The number of nitrogens with zero attached hydrogens (tertiary/aromatic N) is 3. The molecule has 0 radical (unpaired) electrons. The van der Waals surface area contributed by atoms with Crippen molar-refractivity contribution in [3.05, 3.63) is 29.6 Å². The molecule has 1 aliphatic rings. The largest absolute Gasteiger partial charge is 0.251 e. The molecule has 1 aromatic heterocycles. The zero-order valence-electron chi connectivity index (χ0n) is 8.44. The van der Waals surface area contributed by atoms with E-state index in [2.05, 4.69) is 29.0 Å². The first kappa shape index (κ1) is 9.06. The van der Waals surface area contributed by atoms with Gasteiger partial charge in [0.15, 0.2) is 0 Å². The van der Waals surface area contributed by atoms with E-state index in [9.17, 15) is 0 Å². The van der Waals surface area contributed by atoms with E-state index in [0.29, 0.717) is 5.92 Å². The quantitative estimate of drug-likeness (QED) is 0.700. The van der Waals surface area contributed by atoms with Crippen LogP contribution in [0.15, 0.2) is 28.4 Å². The van der Waals surface area contributed by atoms with Crippen LogP contribution < -0.4 is 0 Å². The summed E-state index contributed by atoms with van der Waals surface area (Å²) >= 11 is 0. The fraction of sp³-hybridized carbons (Fsp3) is 0.364. The lowest BCUT2D eigenvalue weighted by molar-refractivity contribution is 0.820. The van der Waals surface area contributed by atoms with Gasteiger partial charge in [-0.25, -0.2) is 0 Å². The summed E-state index contributed by atoms with van der Waals surface area (Å²) in [5.41, 5.74) is 3.03. The number of aromatic nitrogens is 1. The van der Waals surface area contributed by atoms with Crippen LogP contribution in [-0.4, -0.2) is 16.9 Å². The second-order valence-corrected chi connectivity index (χ2v) is 3.65. The lowest BCUT2D eigenvalue weighted by Crippen LogP contribution is -2.04. The van der Waals surface area contributed by atoms with Gasteiger partial charge in [-0.15, -0.1) is 0 Å². The van der Waals surface area contributed by atoms with Crippen molar-refractivity contribution in [2.45, 2.75) is 26.2 Å². The van der Waals surface area contributed by atoms with Gasteiger partial charge in [-0.3, -0.25) is 4.98 Å². The third-order valence-electron chi connectivity index (χ3n) is 2.20. The molecule has 72 valence electrons. The molecule has 0 atom stereocenters. The highest BCUT2D eigenvalue weighted by molar-refractivity contribution is 6.08. The summed E-state index contributed by atoms with van der Waals surface area (Å²) in [6.45, 7) is 4.28. The molecule has 1 aliphatic heterocycles. The summed E-state index contributed by atoms with van der Waals surface area (Å²) in [6.07, 6.45) is 2.60. The summed E-state index contributed by atoms with van der Waals surface area (Å²) < 4.78 is 0. The Labute approximate surface area is 83.6 Å². The van der Waals surface area contributed by atoms with Gasteiger partial charge in [0.1, 0.15) is 0 Å². The number of rotatable bonds is 2. The molecule has 2 rings (SSSR count). The minimum atomic E-state index is 0.456. The van der Waals surface area contributed by atoms with Crippen LogP contribution in [-0.2, 0) is 0 Å². The number of hydrogen-bond acceptors (Lipinski definition) is 3. The summed E-state index contributed by atoms with van der Waals surface area (Å²) in [5, 5.41) is 7.87. The molecule has 1 aromatic rings. The molecule has 2 heterocycles. The van der Waals surface area contributed by atoms with Crippen molar-refractivity contribution in [1.29, 1.82) is 0 Å². The second-order valence-electron chi connectivity index (χ2n) is 3.65. The van der Waals surface area contributed by atoms with E-state index in [1.807, 2.05) is 18.2 Å². The molecule has 0 amide bonds. The van der Waals surface area contributed by atoms with Crippen molar-refractivity contribution in [2.24, 2.45) is 10.2 Å². The summed E-state index contributed by atoms with van der Waals surface area (Å²) in [7, 11) is 0. The molecule has 0 saturated heterocycles. The predicted octanol–water partition coefficient (Wildman–Crippen LogP) is 2.38. The van der Waals surface area contributed by atoms with Gasteiger partial charge >= 0.3 is 0 Å². The lowest BCUT2D eigenvalue weighted by atomic mass is 10.1. The highest BCUT2D eigenvalue weighted by atomic mass is 15.2. The van der Waals surface area contributed by atoms with Gasteiger partial charge in [-0.05, 0) is 18.1 Å². The van der Waals surface area contributed by atoms with Gasteiger partial charge in [0.2, 0.25) is 0 Å². The minimum absolute atomic E-state index is 0.456. The zero-order valence-corrected chi connectivity index (χ0v) is 8.44. The van der Waals surface area contributed by atoms with Crippen LogP contribution in [0, 0.1) is 0 Å². The van der Waals surface area contributed by atoms with E-state index >= 15 is 0 Å². The van der Waals surface area contributed by atoms with Crippen LogP contribution in [0.1, 0.15) is 37.6 Å². The smallest absolute Gasteiger partial charge is 0.0940 e. The molecule has 0 fully saturated rings. The Morgan fingerprint density at radius 2 is 2.14 bits per heavy atom. The van der Waals surface area contributed by atoms with Crippen molar-refractivity contribution in [3.8, 4) is 0 Å². The van der Waals surface area contributed by atoms with E-state index in [4.69, 9.17) is 0 Å². The SMILES string of the molecule is CC(C)c1cccc(C2=NN=CC2)n1. The molecule has 0 saturated carbocycles. The van der Waals surface area contributed by atoms with Crippen molar-refractivity contribution < 1.29 is 0 Å². The molecule has 0 spiro atoms. The van der Waals surface area contributed by atoms with Crippen LogP contribution in [0.3, 0.4) is 0 Å². The molecule has 0 aromatic carbocycles. The van der Waals surface area contributed by atoms with E-state index in [1.54, 1.807) is 6.21 Å². The lowest BCUT2D eigenvalue weighted by Gasteiger charge is -2.05. The highest BCUT2D eigenvalue weighted by Gasteiger charge is 2.09. The maximum absolute atomic E-state index is 4.54. The van der Waals surface area contributed by atoms with E-state index in [0.717, 1.165) is 23.5 Å². The van der Waals surface area contributed by atoms with Gasteiger partial charge in [0.05, 0.1) is 11.4 Å². The first-order valence-electron chi connectivity index (χ1n) is 4.83. The second kappa shape index (κ2) is 3.70.